The van der Waals surface area contributed by atoms with Crippen LogP contribution < -0.4 is 0 Å². The van der Waals surface area contributed by atoms with Gasteiger partial charge in [0.15, 0.2) is 0 Å². The van der Waals surface area contributed by atoms with Crippen LogP contribution in [0.4, 0.5) is 0 Å². The molecule has 1 spiro atoms. The maximum atomic E-state index is 12.4. The standard InChI is InChI=1S/C14H15NO2/c1-15-12(16)10-6-2-3-7-11(10)14(13(15)17)8-4-5-9-14/h2-3,6-7H,4-5,8-9H2,1H3. The number of imide groups is 1. The fourth-order valence-electron chi connectivity index (χ4n) is 3.26. The van der Waals surface area contributed by atoms with Crippen LogP contribution in [0, 0.1) is 0 Å². The third-order valence-corrected chi connectivity index (χ3v) is 4.15. The lowest BCUT2D eigenvalue weighted by Crippen LogP contribution is -2.51. The molecule has 0 saturated heterocycles. The molecule has 1 aromatic rings. The lowest BCUT2D eigenvalue weighted by atomic mass is 9.73. The van der Waals surface area contributed by atoms with Gasteiger partial charge in [-0.15, -0.1) is 0 Å². The quantitative estimate of drug-likeness (QED) is 0.639. The van der Waals surface area contributed by atoms with Gasteiger partial charge in [0.2, 0.25) is 5.91 Å². The molecule has 17 heavy (non-hydrogen) atoms. The smallest absolute Gasteiger partial charge is 0.260 e. The predicted octanol–water partition coefficient (Wildman–Crippen LogP) is 2.11. The molecule has 1 aliphatic heterocycles. The third kappa shape index (κ3) is 1.22. The zero-order valence-corrected chi connectivity index (χ0v) is 9.90. The molecule has 0 N–H and O–H groups in total. The summed E-state index contributed by atoms with van der Waals surface area (Å²) in [4.78, 5) is 25.8. The number of carbonyl (C=O) groups excluding carboxylic acids is 2. The van der Waals surface area contributed by atoms with E-state index < -0.39 is 5.41 Å². The first-order valence-corrected chi connectivity index (χ1v) is 6.09. The molecule has 0 bridgehead atoms. The number of likely N-dealkylation sites (N-methyl/N-ethyl adjacent to an activating group) is 1. The van der Waals surface area contributed by atoms with Crippen LogP contribution in [-0.4, -0.2) is 23.8 Å². The van der Waals surface area contributed by atoms with Gasteiger partial charge in [0.25, 0.3) is 5.91 Å². The van der Waals surface area contributed by atoms with Crippen LogP contribution >= 0.6 is 0 Å². The molecule has 2 aliphatic rings. The summed E-state index contributed by atoms with van der Waals surface area (Å²) in [5.41, 5.74) is 1.24. The number of amides is 2. The molecule has 1 heterocycles. The molecule has 1 aliphatic carbocycles. The molecule has 1 fully saturated rings. The SMILES string of the molecule is CN1C(=O)c2ccccc2C2(CCCC2)C1=O. The van der Waals surface area contributed by atoms with Gasteiger partial charge in [0, 0.05) is 12.6 Å². The van der Waals surface area contributed by atoms with Crippen LogP contribution in [-0.2, 0) is 10.2 Å². The first kappa shape index (κ1) is 10.5. The third-order valence-electron chi connectivity index (χ3n) is 4.15. The highest BCUT2D eigenvalue weighted by Crippen LogP contribution is 2.46. The molecule has 0 unspecified atom stereocenters. The van der Waals surface area contributed by atoms with Gasteiger partial charge in [-0.25, -0.2) is 0 Å². The summed E-state index contributed by atoms with van der Waals surface area (Å²) in [6.07, 6.45) is 3.89. The summed E-state index contributed by atoms with van der Waals surface area (Å²) in [6, 6.07) is 7.57. The second kappa shape index (κ2) is 3.42. The van der Waals surface area contributed by atoms with E-state index in [1.165, 1.54) is 4.90 Å². The fourth-order valence-corrected chi connectivity index (χ4v) is 3.26. The normalized spacial score (nSPS) is 22.1. The highest BCUT2D eigenvalue weighted by molar-refractivity contribution is 6.13. The van der Waals surface area contributed by atoms with E-state index in [4.69, 9.17) is 0 Å². The fraction of sp³-hybridized carbons (Fsp3) is 0.429. The van der Waals surface area contributed by atoms with Crippen molar-refractivity contribution in [3.8, 4) is 0 Å². The molecule has 1 saturated carbocycles. The van der Waals surface area contributed by atoms with Gasteiger partial charge < -0.3 is 0 Å². The summed E-state index contributed by atoms with van der Waals surface area (Å²) >= 11 is 0. The van der Waals surface area contributed by atoms with Gasteiger partial charge in [-0.3, -0.25) is 14.5 Å². The molecular weight excluding hydrogens is 214 g/mol. The summed E-state index contributed by atoms with van der Waals surface area (Å²) in [5.74, 6) is -0.179. The lowest BCUT2D eigenvalue weighted by Gasteiger charge is -2.38. The topological polar surface area (TPSA) is 37.4 Å². The Morgan fingerprint density at radius 3 is 2.47 bits per heavy atom. The Balaban J connectivity index is 2.26. The highest BCUT2D eigenvalue weighted by Gasteiger charge is 2.50. The van der Waals surface area contributed by atoms with Crippen LogP contribution in [0.15, 0.2) is 24.3 Å². The van der Waals surface area contributed by atoms with E-state index in [1.54, 1.807) is 7.05 Å². The zero-order valence-electron chi connectivity index (χ0n) is 9.90. The summed E-state index contributed by atoms with van der Waals surface area (Å²) in [6.45, 7) is 0. The molecule has 3 nitrogen and oxygen atoms in total. The van der Waals surface area contributed by atoms with Crippen molar-refractivity contribution < 1.29 is 9.59 Å². The number of hydrogen-bond acceptors (Lipinski definition) is 2. The van der Waals surface area contributed by atoms with Crippen molar-refractivity contribution in [2.24, 2.45) is 0 Å². The van der Waals surface area contributed by atoms with E-state index >= 15 is 0 Å². The van der Waals surface area contributed by atoms with E-state index in [0.29, 0.717) is 5.56 Å². The lowest BCUT2D eigenvalue weighted by molar-refractivity contribution is -0.134. The van der Waals surface area contributed by atoms with Crippen LogP contribution in [0.3, 0.4) is 0 Å². The number of nitrogens with zero attached hydrogens (tertiary/aromatic N) is 1. The summed E-state index contributed by atoms with van der Waals surface area (Å²) in [7, 11) is 1.60. The maximum absolute atomic E-state index is 12.4. The van der Waals surface area contributed by atoms with E-state index in [9.17, 15) is 9.59 Å². The van der Waals surface area contributed by atoms with Gasteiger partial charge >= 0.3 is 0 Å². The molecule has 1 aromatic carbocycles. The largest absolute Gasteiger partial charge is 0.281 e. The summed E-state index contributed by atoms with van der Waals surface area (Å²) < 4.78 is 0. The highest BCUT2D eigenvalue weighted by atomic mass is 16.2. The average Bonchev–Trinajstić information content (AvgIpc) is 2.85. The maximum Gasteiger partial charge on any atom is 0.260 e. The Labute approximate surface area is 100 Å². The Morgan fingerprint density at radius 1 is 1.12 bits per heavy atom. The number of rotatable bonds is 0. The predicted molar refractivity (Wildman–Crippen MR) is 63.7 cm³/mol. The van der Waals surface area contributed by atoms with E-state index in [2.05, 4.69) is 0 Å². The molecule has 0 atom stereocenters. The van der Waals surface area contributed by atoms with Gasteiger partial charge in [-0.1, -0.05) is 31.0 Å². The molecule has 3 rings (SSSR count). The monoisotopic (exact) mass is 229 g/mol. The number of benzene rings is 1. The first-order valence-electron chi connectivity index (χ1n) is 6.09. The van der Waals surface area contributed by atoms with Crippen LogP contribution in [0.25, 0.3) is 0 Å². The second-order valence-corrected chi connectivity index (χ2v) is 5.00. The van der Waals surface area contributed by atoms with Crippen LogP contribution in [0.5, 0.6) is 0 Å². The Morgan fingerprint density at radius 2 is 1.76 bits per heavy atom. The Bertz CT molecular complexity index is 501. The molecule has 3 heteroatoms. The zero-order chi connectivity index (χ0) is 12.0. The minimum atomic E-state index is -0.417. The van der Waals surface area contributed by atoms with Gasteiger partial charge in [0.1, 0.15) is 0 Å². The minimum Gasteiger partial charge on any atom is -0.281 e. The first-order chi connectivity index (χ1) is 8.17. The Hall–Kier alpha value is -1.64. The minimum absolute atomic E-state index is 0.0151. The van der Waals surface area contributed by atoms with Crippen molar-refractivity contribution in [2.45, 2.75) is 31.1 Å². The Kier molecular flexibility index (Phi) is 2.12. The molecule has 2 amide bonds. The van der Waals surface area contributed by atoms with Gasteiger partial charge in [0.05, 0.1) is 5.41 Å². The van der Waals surface area contributed by atoms with Crippen molar-refractivity contribution in [3.63, 3.8) is 0 Å². The van der Waals surface area contributed by atoms with E-state index in [-0.39, 0.29) is 11.8 Å². The van der Waals surface area contributed by atoms with Gasteiger partial charge in [-0.05, 0) is 24.5 Å². The number of hydrogen-bond donors (Lipinski definition) is 0. The van der Waals surface area contributed by atoms with Crippen molar-refractivity contribution in [1.82, 2.24) is 4.90 Å². The van der Waals surface area contributed by atoms with Crippen molar-refractivity contribution in [3.05, 3.63) is 35.4 Å². The average molecular weight is 229 g/mol. The molecular formula is C14H15NO2. The molecule has 0 aromatic heterocycles. The summed E-state index contributed by atoms with van der Waals surface area (Å²) in [5, 5.41) is 0. The van der Waals surface area contributed by atoms with E-state index in [1.807, 2.05) is 24.3 Å². The van der Waals surface area contributed by atoms with E-state index in [0.717, 1.165) is 31.2 Å². The number of carbonyl (C=O) groups is 2. The van der Waals surface area contributed by atoms with Crippen molar-refractivity contribution in [2.75, 3.05) is 7.05 Å². The van der Waals surface area contributed by atoms with Crippen molar-refractivity contribution >= 4 is 11.8 Å². The second-order valence-electron chi connectivity index (χ2n) is 5.00. The van der Waals surface area contributed by atoms with Gasteiger partial charge in [-0.2, -0.15) is 0 Å². The molecule has 88 valence electrons. The van der Waals surface area contributed by atoms with Crippen LogP contribution in [0.1, 0.15) is 41.6 Å². The number of fused-ring (bicyclic) bond motifs is 2. The van der Waals surface area contributed by atoms with Crippen molar-refractivity contribution in [1.29, 1.82) is 0 Å². The molecule has 0 radical (unpaired) electrons. The van der Waals surface area contributed by atoms with Crippen LogP contribution in [0.2, 0.25) is 0 Å².